The summed E-state index contributed by atoms with van der Waals surface area (Å²) in [6.45, 7) is 0.378. The van der Waals surface area contributed by atoms with Crippen LogP contribution in [0.5, 0.6) is 11.5 Å². The number of carbonyl (C=O) groups is 1. The number of phenols is 2. The summed E-state index contributed by atoms with van der Waals surface area (Å²) >= 11 is 3.34. The van der Waals surface area contributed by atoms with Crippen LogP contribution in [0.25, 0.3) is 0 Å². The van der Waals surface area contributed by atoms with Gasteiger partial charge in [-0.05, 0) is 29.8 Å². The lowest BCUT2D eigenvalue weighted by molar-refractivity contribution is 0.0950. The molecule has 0 fully saturated rings. The highest BCUT2D eigenvalue weighted by Crippen LogP contribution is 2.20. The minimum atomic E-state index is -0.353. The number of carbonyl (C=O) groups excluding carboxylic acids is 1. The van der Waals surface area contributed by atoms with Gasteiger partial charge in [0.2, 0.25) is 0 Å². The molecule has 0 unspecified atom stereocenters. The summed E-state index contributed by atoms with van der Waals surface area (Å²) < 4.78 is 0.973. The van der Waals surface area contributed by atoms with Gasteiger partial charge in [0.05, 0.1) is 0 Å². The van der Waals surface area contributed by atoms with E-state index in [9.17, 15) is 15.0 Å². The average molecular weight is 322 g/mol. The molecule has 0 saturated heterocycles. The van der Waals surface area contributed by atoms with E-state index in [0.717, 1.165) is 10.0 Å². The molecule has 0 spiro atoms. The van der Waals surface area contributed by atoms with Crippen molar-refractivity contribution in [1.29, 1.82) is 0 Å². The second kappa shape index (κ2) is 5.75. The first-order valence-corrected chi connectivity index (χ1v) is 6.39. The zero-order valence-corrected chi connectivity index (χ0v) is 11.5. The molecule has 2 aromatic carbocycles. The third-order valence-corrected chi connectivity index (χ3v) is 3.06. The normalized spacial score (nSPS) is 10.2. The van der Waals surface area contributed by atoms with Crippen LogP contribution in [0, 0.1) is 0 Å². The molecule has 0 radical (unpaired) electrons. The Morgan fingerprint density at radius 3 is 2.21 bits per heavy atom. The molecular weight excluding hydrogens is 310 g/mol. The maximum Gasteiger partial charge on any atom is 0.251 e. The van der Waals surface area contributed by atoms with Crippen molar-refractivity contribution in [2.24, 2.45) is 0 Å². The Morgan fingerprint density at radius 1 is 1.05 bits per heavy atom. The Labute approximate surface area is 118 Å². The van der Waals surface area contributed by atoms with Gasteiger partial charge in [0.25, 0.3) is 5.91 Å². The van der Waals surface area contributed by atoms with E-state index < -0.39 is 0 Å². The van der Waals surface area contributed by atoms with Gasteiger partial charge >= 0.3 is 0 Å². The fourth-order valence-corrected chi connectivity index (χ4v) is 1.88. The van der Waals surface area contributed by atoms with Crippen molar-refractivity contribution >= 4 is 21.8 Å². The second-order valence-corrected chi connectivity index (χ2v) is 4.96. The van der Waals surface area contributed by atoms with Gasteiger partial charge in [-0.15, -0.1) is 0 Å². The average Bonchev–Trinajstić information content (AvgIpc) is 2.36. The summed E-state index contributed by atoms with van der Waals surface area (Å²) in [6, 6.07) is 11.3. The molecule has 0 heterocycles. The lowest BCUT2D eigenvalue weighted by Gasteiger charge is -2.06. The number of nitrogens with one attached hydrogen (secondary N) is 1. The van der Waals surface area contributed by atoms with Crippen molar-refractivity contribution in [1.82, 2.24) is 5.32 Å². The van der Waals surface area contributed by atoms with E-state index in [4.69, 9.17) is 0 Å². The lowest BCUT2D eigenvalue weighted by Crippen LogP contribution is -2.22. The van der Waals surface area contributed by atoms with E-state index in [2.05, 4.69) is 21.2 Å². The standard InChI is InChI=1S/C14H12BrNO3/c15-11-3-1-9(2-4-11)8-16-14(19)10-5-12(17)7-13(18)6-10/h1-7,17-18H,8H2,(H,16,19). The molecule has 0 atom stereocenters. The van der Waals surface area contributed by atoms with Gasteiger partial charge in [0.1, 0.15) is 11.5 Å². The summed E-state index contributed by atoms with van der Waals surface area (Å²) in [6.07, 6.45) is 0. The molecular formula is C14H12BrNO3. The van der Waals surface area contributed by atoms with Gasteiger partial charge in [0.15, 0.2) is 0 Å². The number of benzene rings is 2. The molecule has 2 rings (SSSR count). The quantitative estimate of drug-likeness (QED) is 0.814. The second-order valence-electron chi connectivity index (χ2n) is 4.05. The zero-order chi connectivity index (χ0) is 13.8. The van der Waals surface area contributed by atoms with Crippen LogP contribution in [0.15, 0.2) is 46.9 Å². The molecule has 19 heavy (non-hydrogen) atoms. The molecule has 4 nitrogen and oxygen atoms in total. The third-order valence-electron chi connectivity index (χ3n) is 2.53. The largest absolute Gasteiger partial charge is 0.508 e. The van der Waals surface area contributed by atoms with Crippen LogP contribution < -0.4 is 5.32 Å². The topological polar surface area (TPSA) is 69.6 Å². The lowest BCUT2D eigenvalue weighted by atomic mass is 10.1. The Morgan fingerprint density at radius 2 is 1.63 bits per heavy atom. The van der Waals surface area contributed by atoms with E-state index in [1.807, 2.05) is 24.3 Å². The summed E-state index contributed by atoms with van der Waals surface area (Å²) in [4.78, 5) is 11.8. The first-order chi connectivity index (χ1) is 9.04. The maximum absolute atomic E-state index is 11.8. The molecule has 0 saturated carbocycles. The van der Waals surface area contributed by atoms with Crippen LogP contribution in [-0.2, 0) is 6.54 Å². The molecule has 3 N–H and O–H groups in total. The fourth-order valence-electron chi connectivity index (χ4n) is 1.61. The molecule has 0 aliphatic carbocycles. The van der Waals surface area contributed by atoms with Crippen molar-refractivity contribution in [3.8, 4) is 11.5 Å². The SMILES string of the molecule is O=C(NCc1ccc(Br)cc1)c1cc(O)cc(O)c1. The van der Waals surface area contributed by atoms with Crippen LogP contribution in [-0.4, -0.2) is 16.1 Å². The third kappa shape index (κ3) is 3.72. The predicted octanol–water partition coefficient (Wildman–Crippen LogP) is 2.79. The first kappa shape index (κ1) is 13.4. The number of aromatic hydroxyl groups is 2. The zero-order valence-electron chi connectivity index (χ0n) is 9.93. The first-order valence-electron chi connectivity index (χ1n) is 5.60. The van der Waals surface area contributed by atoms with Crippen molar-refractivity contribution < 1.29 is 15.0 Å². The minimum absolute atomic E-state index is 0.145. The van der Waals surface area contributed by atoms with E-state index in [1.54, 1.807) is 0 Å². The smallest absolute Gasteiger partial charge is 0.251 e. The van der Waals surface area contributed by atoms with Crippen molar-refractivity contribution in [3.05, 3.63) is 58.1 Å². The Kier molecular flexibility index (Phi) is 4.06. The van der Waals surface area contributed by atoms with Gasteiger partial charge in [-0.25, -0.2) is 0 Å². The number of rotatable bonds is 3. The van der Waals surface area contributed by atoms with E-state index >= 15 is 0 Å². The van der Waals surface area contributed by atoms with Gasteiger partial charge in [-0.2, -0.15) is 0 Å². The fraction of sp³-hybridized carbons (Fsp3) is 0.0714. The number of phenolic OH excluding ortho intramolecular Hbond substituents is 2. The van der Waals surface area contributed by atoms with Crippen LogP contribution >= 0.6 is 15.9 Å². The minimum Gasteiger partial charge on any atom is -0.508 e. The van der Waals surface area contributed by atoms with E-state index in [1.165, 1.54) is 18.2 Å². The predicted molar refractivity (Wildman–Crippen MR) is 75.1 cm³/mol. The molecule has 0 aliphatic rings. The van der Waals surface area contributed by atoms with E-state index in [-0.39, 0.29) is 23.0 Å². The van der Waals surface area contributed by atoms with Crippen LogP contribution in [0.2, 0.25) is 0 Å². The molecule has 98 valence electrons. The molecule has 2 aromatic rings. The Balaban J connectivity index is 2.03. The van der Waals surface area contributed by atoms with Crippen molar-refractivity contribution in [2.75, 3.05) is 0 Å². The molecule has 0 bridgehead atoms. The Hall–Kier alpha value is -2.01. The monoisotopic (exact) mass is 321 g/mol. The van der Waals surface area contributed by atoms with Gasteiger partial charge in [-0.3, -0.25) is 4.79 Å². The van der Waals surface area contributed by atoms with Gasteiger partial charge in [0, 0.05) is 22.6 Å². The van der Waals surface area contributed by atoms with Crippen molar-refractivity contribution in [2.45, 2.75) is 6.54 Å². The summed E-state index contributed by atoms with van der Waals surface area (Å²) in [7, 11) is 0. The number of hydrogen-bond acceptors (Lipinski definition) is 3. The number of amides is 1. The van der Waals surface area contributed by atoms with Crippen LogP contribution in [0.3, 0.4) is 0 Å². The van der Waals surface area contributed by atoms with Gasteiger partial charge in [-0.1, -0.05) is 28.1 Å². The summed E-state index contributed by atoms with van der Waals surface area (Å²) in [5, 5.41) is 21.3. The van der Waals surface area contributed by atoms with Crippen molar-refractivity contribution in [3.63, 3.8) is 0 Å². The number of hydrogen-bond donors (Lipinski definition) is 3. The highest BCUT2D eigenvalue weighted by molar-refractivity contribution is 9.10. The highest BCUT2D eigenvalue weighted by Gasteiger charge is 2.08. The maximum atomic E-state index is 11.8. The highest BCUT2D eigenvalue weighted by atomic mass is 79.9. The Bertz CT molecular complexity index is 576. The van der Waals surface area contributed by atoms with E-state index in [0.29, 0.717) is 6.54 Å². The summed E-state index contributed by atoms with van der Waals surface area (Å²) in [5.41, 5.74) is 1.18. The molecule has 5 heteroatoms. The van der Waals surface area contributed by atoms with Gasteiger partial charge < -0.3 is 15.5 Å². The molecule has 0 aromatic heterocycles. The van der Waals surface area contributed by atoms with Crippen LogP contribution in [0.4, 0.5) is 0 Å². The molecule has 1 amide bonds. The number of halogens is 1. The molecule has 0 aliphatic heterocycles. The summed E-state index contributed by atoms with van der Waals surface area (Å²) in [5.74, 6) is -0.642. The van der Waals surface area contributed by atoms with Crippen LogP contribution in [0.1, 0.15) is 15.9 Å².